The summed E-state index contributed by atoms with van der Waals surface area (Å²) in [4.78, 5) is 13.9. The second-order valence-corrected chi connectivity index (χ2v) is 7.29. The number of nitrogens with two attached hydrogens (primary N) is 1. The first-order valence-electron chi connectivity index (χ1n) is 8.20. The maximum atomic E-state index is 13.2. The normalized spacial score (nSPS) is 17.9. The van der Waals surface area contributed by atoms with E-state index >= 15 is 0 Å². The second-order valence-electron chi connectivity index (χ2n) is 7.29. The molecule has 0 aromatic heterocycles. The van der Waals surface area contributed by atoms with Crippen molar-refractivity contribution in [2.75, 3.05) is 19.6 Å². The largest absolute Gasteiger partial charge is 0.444 e. The molecule has 1 heterocycles. The van der Waals surface area contributed by atoms with Gasteiger partial charge in [0.25, 0.3) is 0 Å². The predicted octanol–water partition coefficient (Wildman–Crippen LogP) is 3.44. The van der Waals surface area contributed by atoms with Crippen molar-refractivity contribution in [3.05, 3.63) is 35.6 Å². The summed E-state index contributed by atoms with van der Waals surface area (Å²) in [5.74, 6) is -0.233. The highest BCUT2D eigenvalue weighted by atomic mass is 19.1. The molecule has 4 nitrogen and oxygen atoms in total. The maximum Gasteiger partial charge on any atom is 0.410 e. The molecule has 0 atom stereocenters. The smallest absolute Gasteiger partial charge is 0.410 e. The van der Waals surface area contributed by atoms with Gasteiger partial charge in [-0.1, -0.05) is 12.1 Å². The summed E-state index contributed by atoms with van der Waals surface area (Å²) in [7, 11) is 0. The Morgan fingerprint density at radius 1 is 1.26 bits per heavy atom. The van der Waals surface area contributed by atoms with Crippen LogP contribution in [0.2, 0.25) is 0 Å². The molecule has 1 aliphatic rings. The number of hydrogen-bond acceptors (Lipinski definition) is 3. The molecule has 1 aromatic carbocycles. The van der Waals surface area contributed by atoms with E-state index in [4.69, 9.17) is 10.5 Å². The average molecular weight is 322 g/mol. The van der Waals surface area contributed by atoms with Gasteiger partial charge >= 0.3 is 6.09 Å². The van der Waals surface area contributed by atoms with Crippen LogP contribution in [-0.2, 0) is 10.2 Å². The van der Waals surface area contributed by atoms with Crippen molar-refractivity contribution in [3.8, 4) is 0 Å². The van der Waals surface area contributed by atoms with E-state index in [0.717, 1.165) is 24.8 Å². The van der Waals surface area contributed by atoms with Crippen LogP contribution in [0.15, 0.2) is 24.3 Å². The number of hydrogen-bond donors (Lipinski definition) is 1. The van der Waals surface area contributed by atoms with Crippen LogP contribution < -0.4 is 5.73 Å². The van der Waals surface area contributed by atoms with Crippen LogP contribution in [0.5, 0.6) is 0 Å². The monoisotopic (exact) mass is 322 g/mol. The van der Waals surface area contributed by atoms with Gasteiger partial charge in [0.15, 0.2) is 0 Å². The van der Waals surface area contributed by atoms with E-state index < -0.39 is 5.60 Å². The number of halogens is 1. The van der Waals surface area contributed by atoms with E-state index in [1.165, 1.54) is 12.1 Å². The highest BCUT2D eigenvalue weighted by Crippen LogP contribution is 2.38. The highest BCUT2D eigenvalue weighted by Gasteiger charge is 2.37. The lowest BCUT2D eigenvalue weighted by atomic mass is 9.70. The molecule has 23 heavy (non-hydrogen) atoms. The summed E-state index contributed by atoms with van der Waals surface area (Å²) in [5, 5.41) is 0. The molecule has 1 amide bonds. The number of benzene rings is 1. The van der Waals surface area contributed by atoms with Gasteiger partial charge < -0.3 is 15.4 Å². The lowest BCUT2D eigenvalue weighted by Crippen LogP contribution is -2.47. The number of amides is 1. The van der Waals surface area contributed by atoms with Crippen LogP contribution in [0.25, 0.3) is 0 Å². The Morgan fingerprint density at radius 3 is 2.30 bits per heavy atom. The third-order valence-corrected chi connectivity index (χ3v) is 4.45. The number of carbonyl (C=O) groups is 1. The Hall–Kier alpha value is -1.62. The van der Waals surface area contributed by atoms with E-state index in [1.807, 2.05) is 32.9 Å². The van der Waals surface area contributed by atoms with E-state index in [-0.39, 0.29) is 17.3 Å². The number of nitrogens with zero attached hydrogens (tertiary/aromatic N) is 1. The third kappa shape index (κ3) is 4.44. The molecule has 128 valence electrons. The molecule has 2 rings (SSSR count). The summed E-state index contributed by atoms with van der Waals surface area (Å²) < 4.78 is 18.6. The van der Waals surface area contributed by atoms with Crippen LogP contribution in [-0.4, -0.2) is 36.2 Å². The number of piperidine rings is 1. The lowest BCUT2D eigenvalue weighted by Gasteiger charge is -2.42. The molecule has 0 aliphatic carbocycles. The van der Waals surface area contributed by atoms with Gasteiger partial charge in [0.1, 0.15) is 11.4 Å². The number of carbonyl (C=O) groups excluding carboxylic acids is 1. The van der Waals surface area contributed by atoms with Crippen LogP contribution >= 0.6 is 0 Å². The Labute approximate surface area is 137 Å². The molecule has 0 saturated carbocycles. The number of rotatable bonds is 3. The summed E-state index contributed by atoms with van der Waals surface area (Å²) in [6.07, 6.45) is 2.20. The van der Waals surface area contributed by atoms with Gasteiger partial charge in [-0.15, -0.1) is 0 Å². The van der Waals surface area contributed by atoms with Crippen LogP contribution in [0.1, 0.15) is 45.6 Å². The Morgan fingerprint density at radius 2 is 1.83 bits per heavy atom. The van der Waals surface area contributed by atoms with Crippen molar-refractivity contribution in [1.82, 2.24) is 4.90 Å². The van der Waals surface area contributed by atoms with E-state index in [1.54, 1.807) is 4.90 Å². The fourth-order valence-electron chi connectivity index (χ4n) is 3.21. The average Bonchev–Trinajstić information content (AvgIpc) is 2.47. The molecule has 0 unspecified atom stereocenters. The van der Waals surface area contributed by atoms with E-state index in [2.05, 4.69) is 0 Å². The molecular formula is C18H27FN2O2. The highest BCUT2D eigenvalue weighted by molar-refractivity contribution is 5.68. The second kappa shape index (κ2) is 6.87. The summed E-state index contributed by atoms with van der Waals surface area (Å²) in [6.45, 7) is 7.44. The SMILES string of the molecule is CC(C)(C)OC(=O)N1CCC(CCN)(c2ccc(F)cc2)CC1. The first-order chi connectivity index (χ1) is 10.8. The Balaban J connectivity index is 2.09. The maximum absolute atomic E-state index is 13.2. The predicted molar refractivity (Wildman–Crippen MR) is 88.8 cm³/mol. The molecule has 1 saturated heterocycles. The fraction of sp³-hybridized carbons (Fsp3) is 0.611. The minimum absolute atomic E-state index is 0.0824. The molecule has 0 bridgehead atoms. The zero-order chi connectivity index (χ0) is 17.1. The standard InChI is InChI=1S/C18H27FN2O2/c1-17(2,3)23-16(22)21-12-9-18(8-11-20,10-13-21)14-4-6-15(19)7-5-14/h4-7H,8-13,20H2,1-3H3. The van der Waals surface area contributed by atoms with Crippen LogP contribution in [0, 0.1) is 5.82 Å². The number of ether oxygens (including phenoxy) is 1. The molecule has 1 fully saturated rings. The van der Waals surface area contributed by atoms with Gasteiger partial charge in [0.05, 0.1) is 0 Å². The first-order valence-corrected chi connectivity index (χ1v) is 8.20. The van der Waals surface area contributed by atoms with Crippen molar-refractivity contribution >= 4 is 6.09 Å². The molecule has 1 aliphatic heterocycles. The summed E-state index contributed by atoms with van der Waals surface area (Å²) in [6, 6.07) is 6.67. The molecule has 2 N–H and O–H groups in total. The van der Waals surface area contributed by atoms with Crippen LogP contribution in [0.4, 0.5) is 9.18 Å². The molecule has 0 spiro atoms. The van der Waals surface area contributed by atoms with Gasteiger partial charge in [-0.2, -0.15) is 0 Å². The van der Waals surface area contributed by atoms with E-state index in [0.29, 0.717) is 19.6 Å². The topological polar surface area (TPSA) is 55.6 Å². The van der Waals surface area contributed by atoms with E-state index in [9.17, 15) is 9.18 Å². The lowest BCUT2D eigenvalue weighted by molar-refractivity contribution is 0.0160. The van der Waals surface area contributed by atoms with Gasteiger partial charge in [-0.05, 0) is 69.7 Å². The van der Waals surface area contributed by atoms with Gasteiger partial charge in [0.2, 0.25) is 0 Å². The fourth-order valence-corrected chi connectivity index (χ4v) is 3.21. The quantitative estimate of drug-likeness (QED) is 0.927. The van der Waals surface area contributed by atoms with Crippen molar-refractivity contribution < 1.29 is 13.9 Å². The van der Waals surface area contributed by atoms with Gasteiger partial charge in [0, 0.05) is 13.1 Å². The van der Waals surface area contributed by atoms with Crippen molar-refractivity contribution in [2.24, 2.45) is 5.73 Å². The zero-order valence-electron chi connectivity index (χ0n) is 14.3. The molecule has 5 heteroatoms. The van der Waals surface area contributed by atoms with Gasteiger partial charge in [-0.25, -0.2) is 9.18 Å². The zero-order valence-corrected chi connectivity index (χ0v) is 14.3. The van der Waals surface area contributed by atoms with Crippen molar-refractivity contribution in [2.45, 2.75) is 51.0 Å². The Kier molecular flexibility index (Phi) is 5.30. The molecule has 1 aromatic rings. The minimum Gasteiger partial charge on any atom is -0.444 e. The Bertz CT molecular complexity index is 529. The van der Waals surface area contributed by atoms with Crippen molar-refractivity contribution in [3.63, 3.8) is 0 Å². The van der Waals surface area contributed by atoms with Crippen molar-refractivity contribution in [1.29, 1.82) is 0 Å². The van der Waals surface area contributed by atoms with Crippen LogP contribution in [0.3, 0.4) is 0 Å². The van der Waals surface area contributed by atoms with Gasteiger partial charge in [-0.3, -0.25) is 0 Å². The number of likely N-dealkylation sites (tertiary alicyclic amines) is 1. The minimum atomic E-state index is -0.486. The molecule has 0 radical (unpaired) electrons. The summed E-state index contributed by atoms with van der Waals surface area (Å²) in [5.41, 5.74) is 6.35. The molecular weight excluding hydrogens is 295 g/mol. The summed E-state index contributed by atoms with van der Waals surface area (Å²) >= 11 is 0. The third-order valence-electron chi connectivity index (χ3n) is 4.45. The first kappa shape index (κ1) is 17.7.